The number of hydrogen-bond donors (Lipinski definition) is 0. The SMILES string of the molecule is CCc1cc(CC(=O)C2(C)CCCC2)n(CC)n1. The van der Waals surface area contributed by atoms with Gasteiger partial charge in [-0.1, -0.05) is 26.7 Å². The summed E-state index contributed by atoms with van der Waals surface area (Å²) in [7, 11) is 0. The van der Waals surface area contributed by atoms with Gasteiger partial charge < -0.3 is 0 Å². The molecule has 0 amide bonds. The molecule has 0 radical (unpaired) electrons. The molecular formula is C15H24N2O. The molecule has 3 nitrogen and oxygen atoms in total. The fourth-order valence-electron chi connectivity index (χ4n) is 2.92. The van der Waals surface area contributed by atoms with Gasteiger partial charge in [-0.3, -0.25) is 9.48 Å². The maximum atomic E-state index is 12.5. The van der Waals surface area contributed by atoms with Crippen LogP contribution >= 0.6 is 0 Å². The van der Waals surface area contributed by atoms with E-state index in [1.54, 1.807) is 0 Å². The van der Waals surface area contributed by atoms with Crippen molar-refractivity contribution in [2.75, 3.05) is 0 Å². The molecule has 1 aromatic heterocycles. The number of carbonyl (C=O) groups is 1. The van der Waals surface area contributed by atoms with E-state index in [-0.39, 0.29) is 5.41 Å². The number of carbonyl (C=O) groups excluding carboxylic acids is 1. The van der Waals surface area contributed by atoms with Gasteiger partial charge in [0.05, 0.1) is 5.69 Å². The van der Waals surface area contributed by atoms with Crippen molar-refractivity contribution in [1.29, 1.82) is 0 Å². The van der Waals surface area contributed by atoms with Crippen molar-refractivity contribution in [1.82, 2.24) is 9.78 Å². The number of aryl methyl sites for hydroxylation is 2. The second kappa shape index (κ2) is 5.25. The minimum atomic E-state index is -0.0742. The van der Waals surface area contributed by atoms with E-state index in [2.05, 4.69) is 31.9 Å². The van der Waals surface area contributed by atoms with Gasteiger partial charge >= 0.3 is 0 Å². The number of hydrogen-bond acceptors (Lipinski definition) is 2. The highest BCUT2D eigenvalue weighted by atomic mass is 16.1. The molecule has 1 heterocycles. The molecule has 0 bridgehead atoms. The summed E-state index contributed by atoms with van der Waals surface area (Å²) >= 11 is 0. The van der Waals surface area contributed by atoms with Crippen LogP contribution in [0.1, 0.15) is 57.8 Å². The fourth-order valence-corrected chi connectivity index (χ4v) is 2.92. The van der Waals surface area contributed by atoms with Crippen molar-refractivity contribution in [3.63, 3.8) is 0 Å². The molecule has 0 N–H and O–H groups in total. The first-order valence-electron chi connectivity index (χ1n) is 7.18. The van der Waals surface area contributed by atoms with Crippen LogP contribution in [0.4, 0.5) is 0 Å². The smallest absolute Gasteiger partial charge is 0.144 e. The molecule has 0 spiro atoms. The average molecular weight is 248 g/mol. The molecular weight excluding hydrogens is 224 g/mol. The Morgan fingerprint density at radius 2 is 2.06 bits per heavy atom. The van der Waals surface area contributed by atoms with E-state index in [1.807, 2.05) is 4.68 Å². The predicted octanol–water partition coefficient (Wildman–Crippen LogP) is 3.16. The van der Waals surface area contributed by atoms with Crippen LogP contribution in [0.2, 0.25) is 0 Å². The molecule has 0 atom stereocenters. The highest BCUT2D eigenvalue weighted by Crippen LogP contribution is 2.39. The first kappa shape index (κ1) is 13.3. The summed E-state index contributed by atoms with van der Waals surface area (Å²) in [6.45, 7) is 7.17. The lowest BCUT2D eigenvalue weighted by molar-refractivity contribution is -0.127. The molecule has 0 aliphatic heterocycles. The van der Waals surface area contributed by atoms with Gasteiger partial charge in [-0.25, -0.2) is 0 Å². The number of nitrogens with zero attached hydrogens (tertiary/aromatic N) is 2. The summed E-state index contributed by atoms with van der Waals surface area (Å²) in [5.41, 5.74) is 2.11. The molecule has 1 saturated carbocycles. The van der Waals surface area contributed by atoms with Crippen molar-refractivity contribution in [2.24, 2.45) is 5.41 Å². The van der Waals surface area contributed by atoms with Gasteiger partial charge in [-0.2, -0.15) is 5.10 Å². The van der Waals surface area contributed by atoms with E-state index in [4.69, 9.17) is 0 Å². The van der Waals surface area contributed by atoms with E-state index in [0.29, 0.717) is 12.2 Å². The third kappa shape index (κ3) is 2.50. The summed E-state index contributed by atoms with van der Waals surface area (Å²) in [6.07, 6.45) is 6.02. The fraction of sp³-hybridized carbons (Fsp3) is 0.733. The van der Waals surface area contributed by atoms with Crippen LogP contribution in [0.25, 0.3) is 0 Å². The molecule has 0 saturated heterocycles. The molecule has 18 heavy (non-hydrogen) atoms. The second-order valence-electron chi connectivity index (χ2n) is 5.66. The lowest BCUT2D eigenvalue weighted by atomic mass is 9.82. The molecule has 1 aromatic rings. The molecule has 0 aromatic carbocycles. The first-order valence-corrected chi connectivity index (χ1v) is 7.18. The van der Waals surface area contributed by atoms with Crippen LogP contribution in [-0.2, 0) is 24.2 Å². The maximum absolute atomic E-state index is 12.5. The summed E-state index contributed by atoms with van der Waals surface area (Å²) in [5, 5.41) is 4.51. The first-order chi connectivity index (χ1) is 8.59. The second-order valence-corrected chi connectivity index (χ2v) is 5.66. The Balaban J connectivity index is 2.13. The highest BCUT2D eigenvalue weighted by Gasteiger charge is 2.36. The molecule has 1 fully saturated rings. The Hall–Kier alpha value is -1.12. The number of rotatable bonds is 5. The zero-order valence-electron chi connectivity index (χ0n) is 11.8. The quantitative estimate of drug-likeness (QED) is 0.802. The van der Waals surface area contributed by atoms with E-state index >= 15 is 0 Å². The van der Waals surface area contributed by atoms with Crippen LogP contribution in [0.5, 0.6) is 0 Å². The Morgan fingerprint density at radius 1 is 1.39 bits per heavy atom. The van der Waals surface area contributed by atoms with Gasteiger partial charge in [0.15, 0.2) is 0 Å². The monoisotopic (exact) mass is 248 g/mol. The molecule has 2 rings (SSSR count). The molecule has 0 unspecified atom stereocenters. The van der Waals surface area contributed by atoms with Crippen LogP contribution < -0.4 is 0 Å². The normalized spacial score (nSPS) is 18.2. The van der Waals surface area contributed by atoms with Gasteiger partial charge in [0, 0.05) is 24.1 Å². The summed E-state index contributed by atoms with van der Waals surface area (Å²) < 4.78 is 1.98. The van der Waals surface area contributed by atoms with Gasteiger partial charge in [0.25, 0.3) is 0 Å². The number of ketones is 1. The number of aromatic nitrogens is 2. The van der Waals surface area contributed by atoms with Crippen LogP contribution in [0, 0.1) is 5.41 Å². The standard InChI is InChI=1S/C15H24N2O/c1-4-12-10-13(17(5-2)16-12)11-14(18)15(3)8-6-7-9-15/h10H,4-9,11H2,1-3H3. The summed E-state index contributed by atoms with van der Waals surface area (Å²) in [4.78, 5) is 12.5. The third-order valence-corrected chi connectivity index (χ3v) is 4.30. The number of Topliss-reactive ketones (excluding diaryl/α,β-unsaturated/α-hetero) is 1. The average Bonchev–Trinajstić information content (AvgIpc) is 2.96. The van der Waals surface area contributed by atoms with Gasteiger partial charge in [-0.05, 0) is 32.3 Å². The van der Waals surface area contributed by atoms with E-state index in [1.165, 1.54) is 12.8 Å². The van der Waals surface area contributed by atoms with E-state index in [9.17, 15) is 4.79 Å². The topological polar surface area (TPSA) is 34.9 Å². The van der Waals surface area contributed by atoms with Gasteiger partial charge in [0.2, 0.25) is 0 Å². The van der Waals surface area contributed by atoms with Crippen molar-refractivity contribution < 1.29 is 4.79 Å². The van der Waals surface area contributed by atoms with Crippen molar-refractivity contribution in [3.8, 4) is 0 Å². The minimum Gasteiger partial charge on any atom is -0.299 e. The Bertz CT molecular complexity index is 428. The summed E-state index contributed by atoms with van der Waals surface area (Å²) in [6, 6.07) is 2.10. The lowest BCUT2D eigenvalue weighted by Gasteiger charge is -2.21. The van der Waals surface area contributed by atoms with Crippen LogP contribution in [0.15, 0.2) is 6.07 Å². The van der Waals surface area contributed by atoms with Crippen molar-refractivity contribution >= 4 is 5.78 Å². The van der Waals surface area contributed by atoms with E-state index in [0.717, 1.165) is 37.2 Å². The largest absolute Gasteiger partial charge is 0.299 e. The van der Waals surface area contributed by atoms with Crippen molar-refractivity contribution in [3.05, 3.63) is 17.5 Å². The molecule has 3 heteroatoms. The van der Waals surface area contributed by atoms with E-state index < -0.39 is 0 Å². The molecule has 100 valence electrons. The minimum absolute atomic E-state index is 0.0742. The third-order valence-electron chi connectivity index (χ3n) is 4.30. The van der Waals surface area contributed by atoms with Gasteiger partial charge in [-0.15, -0.1) is 0 Å². The van der Waals surface area contributed by atoms with Crippen molar-refractivity contribution in [2.45, 2.75) is 65.8 Å². The highest BCUT2D eigenvalue weighted by molar-refractivity contribution is 5.86. The molecule has 1 aliphatic carbocycles. The Kier molecular flexibility index (Phi) is 3.88. The Labute approximate surface area is 110 Å². The zero-order valence-corrected chi connectivity index (χ0v) is 11.8. The predicted molar refractivity (Wildman–Crippen MR) is 72.6 cm³/mol. The Morgan fingerprint density at radius 3 is 2.61 bits per heavy atom. The maximum Gasteiger partial charge on any atom is 0.144 e. The molecule has 1 aliphatic rings. The van der Waals surface area contributed by atoms with Crippen LogP contribution in [0.3, 0.4) is 0 Å². The summed E-state index contributed by atoms with van der Waals surface area (Å²) in [5.74, 6) is 0.400. The van der Waals surface area contributed by atoms with Crippen LogP contribution in [-0.4, -0.2) is 15.6 Å². The van der Waals surface area contributed by atoms with Gasteiger partial charge in [0.1, 0.15) is 5.78 Å². The lowest BCUT2D eigenvalue weighted by Crippen LogP contribution is -2.26. The zero-order chi connectivity index (χ0) is 13.2.